The Hall–Kier alpha value is -0.150. The Balaban J connectivity index is 3.04. The fraction of sp³-hybridized carbons (Fsp3) is 0.417. The zero-order chi connectivity index (χ0) is 11.6. The standard InChI is InChI=1S/C12H14Br2O/c1-7(2)4-12(15)9-6-10(13)8(3)5-11(9)14/h5-7H,4H2,1-3H3. The number of carbonyl (C=O) groups is 1. The van der Waals surface area contributed by atoms with Crippen molar-refractivity contribution in [3.8, 4) is 0 Å². The Bertz CT molecular complexity index is 383. The van der Waals surface area contributed by atoms with Crippen LogP contribution in [0.25, 0.3) is 0 Å². The second-order valence-corrected chi connectivity index (χ2v) is 5.81. The van der Waals surface area contributed by atoms with Gasteiger partial charge in [0.2, 0.25) is 0 Å². The molecule has 1 aromatic rings. The van der Waals surface area contributed by atoms with E-state index in [0.717, 1.165) is 20.1 Å². The fourth-order valence-electron chi connectivity index (χ4n) is 1.34. The van der Waals surface area contributed by atoms with Gasteiger partial charge in [-0.1, -0.05) is 45.7 Å². The molecule has 0 N–H and O–H groups in total. The van der Waals surface area contributed by atoms with E-state index in [0.29, 0.717) is 12.3 Å². The Morgan fingerprint density at radius 2 is 1.87 bits per heavy atom. The van der Waals surface area contributed by atoms with Gasteiger partial charge in [-0.05, 0) is 30.5 Å². The highest BCUT2D eigenvalue weighted by Gasteiger charge is 2.13. The lowest BCUT2D eigenvalue weighted by Gasteiger charge is -2.08. The van der Waals surface area contributed by atoms with E-state index in [1.54, 1.807) is 0 Å². The van der Waals surface area contributed by atoms with Crippen molar-refractivity contribution < 1.29 is 4.79 Å². The summed E-state index contributed by atoms with van der Waals surface area (Å²) in [5.74, 6) is 0.585. The van der Waals surface area contributed by atoms with Crippen molar-refractivity contribution >= 4 is 37.6 Å². The number of carbonyl (C=O) groups excluding carboxylic acids is 1. The number of halogens is 2. The van der Waals surface area contributed by atoms with Crippen molar-refractivity contribution in [3.05, 3.63) is 32.2 Å². The monoisotopic (exact) mass is 332 g/mol. The van der Waals surface area contributed by atoms with Crippen molar-refractivity contribution in [2.24, 2.45) is 5.92 Å². The minimum Gasteiger partial charge on any atom is -0.294 e. The second-order valence-electron chi connectivity index (χ2n) is 4.10. The molecule has 1 aromatic carbocycles. The Kier molecular flexibility index (Phi) is 4.53. The molecule has 0 aliphatic rings. The zero-order valence-corrected chi connectivity index (χ0v) is 12.3. The van der Waals surface area contributed by atoms with Crippen LogP contribution in [-0.4, -0.2) is 5.78 Å². The quantitative estimate of drug-likeness (QED) is 0.729. The van der Waals surface area contributed by atoms with Crippen molar-refractivity contribution in [1.82, 2.24) is 0 Å². The second kappa shape index (κ2) is 5.26. The maximum atomic E-state index is 11.9. The highest BCUT2D eigenvalue weighted by molar-refractivity contribution is 9.11. The number of benzene rings is 1. The molecule has 0 amide bonds. The summed E-state index contributed by atoms with van der Waals surface area (Å²) >= 11 is 6.87. The van der Waals surface area contributed by atoms with Gasteiger partial charge in [0.05, 0.1) is 0 Å². The molecule has 0 saturated carbocycles. The van der Waals surface area contributed by atoms with Gasteiger partial charge >= 0.3 is 0 Å². The van der Waals surface area contributed by atoms with E-state index in [-0.39, 0.29) is 5.78 Å². The normalized spacial score (nSPS) is 10.8. The maximum Gasteiger partial charge on any atom is 0.164 e. The van der Waals surface area contributed by atoms with Gasteiger partial charge in [0, 0.05) is 20.9 Å². The highest BCUT2D eigenvalue weighted by atomic mass is 79.9. The summed E-state index contributed by atoms with van der Waals surface area (Å²) < 4.78 is 1.87. The minimum atomic E-state index is 0.192. The predicted octanol–water partition coefficient (Wildman–Crippen LogP) is 4.75. The summed E-state index contributed by atoms with van der Waals surface area (Å²) in [5, 5.41) is 0. The number of aryl methyl sites for hydroxylation is 1. The van der Waals surface area contributed by atoms with Crippen LogP contribution in [0, 0.1) is 12.8 Å². The largest absolute Gasteiger partial charge is 0.294 e. The van der Waals surface area contributed by atoms with Gasteiger partial charge < -0.3 is 0 Å². The molecule has 0 bridgehead atoms. The lowest BCUT2D eigenvalue weighted by atomic mass is 10.0. The van der Waals surface area contributed by atoms with Crippen molar-refractivity contribution in [3.63, 3.8) is 0 Å². The van der Waals surface area contributed by atoms with Crippen LogP contribution in [0.3, 0.4) is 0 Å². The summed E-state index contributed by atoms with van der Waals surface area (Å²) in [7, 11) is 0. The van der Waals surface area contributed by atoms with Crippen LogP contribution in [0.4, 0.5) is 0 Å². The van der Waals surface area contributed by atoms with Gasteiger partial charge in [-0.3, -0.25) is 4.79 Å². The lowest BCUT2D eigenvalue weighted by Crippen LogP contribution is -2.04. The first-order valence-corrected chi connectivity index (χ1v) is 6.49. The van der Waals surface area contributed by atoms with Gasteiger partial charge in [0.1, 0.15) is 0 Å². The molecule has 0 atom stereocenters. The van der Waals surface area contributed by atoms with E-state index in [4.69, 9.17) is 0 Å². The number of Topliss-reactive ketones (excluding diaryl/α,β-unsaturated/α-hetero) is 1. The van der Waals surface area contributed by atoms with Gasteiger partial charge in [0.15, 0.2) is 5.78 Å². The average molecular weight is 334 g/mol. The minimum absolute atomic E-state index is 0.192. The van der Waals surface area contributed by atoms with Crippen molar-refractivity contribution in [1.29, 1.82) is 0 Å². The Morgan fingerprint density at radius 3 is 2.40 bits per heavy atom. The summed E-state index contributed by atoms with van der Waals surface area (Å²) in [6.07, 6.45) is 0.591. The predicted molar refractivity (Wildman–Crippen MR) is 70.4 cm³/mol. The topological polar surface area (TPSA) is 17.1 Å². The Morgan fingerprint density at radius 1 is 1.27 bits per heavy atom. The molecule has 1 rings (SSSR count). The van der Waals surface area contributed by atoms with Crippen LogP contribution in [0.5, 0.6) is 0 Å². The molecule has 0 heterocycles. The number of hydrogen-bond acceptors (Lipinski definition) is 1. The number of ketones is 1. The molecule has 0 aliphatic carbocycles. The molecule has 0 saturated heterocycles. The highest BCUT2D eigenvalue weighted by Crippen LogP contribution is 2.27. The fourth-order valence-corrected chi connectivity index (χ4v) is 2.36. The molecular formula is C12H14Br2O. The molecule has 0 fully saturated rings. The molecule has 0 aromatic heterocycles. The van der Waals surface area contributed by atoms with E-state index >= 15 is 0 Å². The first-order chi connectivity index (χ1) is 6.91. The summed E-state index contributed by atoms with van der Waals surface area (Å²) in [6, 6.07) is 3.86. The first-order valence-electron chi connectivity index (χ1n) is 4.90. The summed E-state index contributed by atoms with van der Waals surface area (Å²) in [6.45, 7) is 6.11. The van der Waals surface area contributed by atoms with Crippen LogP contribution in [0.15, 0.2) is 21.1 Å². The maximum absolute atomic E-state index is 11.9. The summed E-state index contributed by atoms with van der Waals surface area (Å²) in [5.41, 5.74) is 1.89. The third kappa shape index (κ3) is 3.42. The molecule has 1 nitrogen and oxygen atoms in total. The van der Waals surface area contributed by atoms with Crippen molar-refractivity contribution in [2.75, 3.05) is 0 Å². The SMILES string of the molecule is Cc1cc(Br)c(C(=O)CC(C)C)cc1Br. The molecule has 3 heteroatoms. The number of rotatable bonds is 3. The van der Waals surface area contributed by atoms with Crippen LogP contribution < -0.4 is 0 Å². The van der Waals surface area contributed by atoms with Gasteiger partial charge in [-0.25, -0.2) is 0 Å². The van der Waals surface area contributed by atoms with E-state index in [1.165, 1.54) is 0 Å². The van der Waals surface area contributed by atoms with Gasteiger partial charge in [-0.2, -0.15) is 0 Å². The molecule has 0 radical (unpaired) electrons. The average Bonchev–Trinajstić information content (AvgIpc) is 2.09. The van der Waals surface area contributed by atoms with E-state index in [9.17, 15) is 4.79 Å². The molecule has 0 spiro atoms. The smallest absolute Gasteiger partial charge is 0.164 e. The molecule has 82 valence electrons. The molecule has 0 aliphatic heterocycles. The van der Waals surface area contributed by atoms with E-state index in [1.807, 2.05) is 19.1 Å². The van der Waals surface area contributed by atoms with E-state index in [2.05, 4.69) is 45.7 Å². The first kappa shape index (κ1) is 12.9. The van der Waals surface area contributed by atoms with Crippen LogP contribution in [-0.2, 0) is 0 Å². The third-order valence-corrected chi connectivity index (χ3v) is 3.65. The number of hydrogen-bond donors (Lipinski definition) is 0. The van der Waals surface area contributed by atoms with Crippen LogP contribution in [0.1, 0.15) is 36.2 Å². The lowest BCUT2D eigenvalue weighted by molar-refractivity contribution is 0.0967. The molecular weight excluding hydrogens is 320 g/mol. The van der Waals surface area contributed by atoms with Crippen molar-refractivity contribution in [2.45, 2.75) is 27.2 Å². The molecule has 15 heavy (non-hydrogen) atoms. The van der Waals surface area contributed by atoms with E-state index < -0.39 is 0 Å². The van der Waals surface area contributed by atoms with Gasteiger partial charge in [0.25, 0.3) is 0 Å². The zero-order valence-electron chi connectivity index (χ0n) is 9.10. The van der Waals surface area contributed by atoms with Crippen LogP contribution >= 0.6 is 31.9 Å². The summed E-state index contributed by atoms with van der Waals surface area (Å²) in [4.78, 5) is 11.9. The van der Waals surface area contributed by atoms with Gasteiger partial charge in [-0.15, -0.1) is 0 Å². The third-order valence-electron chi connectivity index (χ3n) is 2.14. The van der Waals surface area contributed by atoms with Crippen LogP contribution in [0.2, 0.25) is 0 Å². The Labute approximate surface area is 108 Å². The molecule has 0 unspecified atom stereocenters.